The van der Waals surface area contributed by atoms with Crippen molar-refractivity contribution in [2.45, 2.75) is 44.2 Å². The zero-order chi connectivity index (χ0) is 15.5. The van der Waals surface area contributed by atoms with E-state index < -0.39 is 10.0 Å². The van der Waals surface area contributed by atoms with Gasteiger partial charge in [-0.05, 0) is 30.9 Å². The van der Waals surface area contributed by atoms with Crippen molar-refractivity contribution < 1.29 is 13.5 Å². The second-order valence-electron chi connectivity index (χ2n) is 4.77. The number of nitrogens with one attached hydrogen (secondary N) is 1. The minimum absolute atomic E-state index is 0.135. The van der Waals surface area contributed by atoms with Gasteiger partial charge >= 0.3 is 0 Å². The van der Waals surface area contributed by atoms with Crippen LogP contribution in [0.3, 0.4) is 0 Å². The molecule has 0 aliphatic rings. The molecule has 2 N–H and O–H groups in total. The molecule has 2 heterocycles. The van der Waals surface area contributed by atoms with Crippen molar-refractivity contribution in [3.05, 3.63) is 38.2 Å². The molecule has 4 nitrogen and oxygen atoms in total. The second-order valence-corrected chi connectivity index (χ2v) is 8.77. The summed E-state index contributed by atoms with van der Waals surface area (Å²) >= 11 is 2.87. The van der Waals surface area contributed by atoms with Gasteiger partial charge in [0.2, 0.25) is 10.0 Å². The zero-order valence-corrected chi connectivity index (χ0v) is 14.4. The van der Waals surface area contributed by atoms with Gasteiger partial charge < -0.3 is 5.11 Å². The van der Waals surface area contributed by atoms with Crippen LogP contribution in [0.2, 0.25) is 0 Å². The third kappa shape index (κ3) is 3.92. The van der Waals surface area contributed by atoms with Gasteiger partial charge in [-0.2, -0.15) is 0 Å². The fraction of sp³-hybridized carbons (Fsp3) is 0.429. The SMILES string of the molecule is CCCC(NS(=O)(=O)c1cc(CO)sc1C)c1cccs1. The van der Waals surface area contributed by atoms with E-state index in [9.17, 15) is 8.42 Å². The maximum Gasteiger partial charge on any atom is 0.242 e. The Kier molecular flexibility index (Phi) is 5.56. The Morgan fingerprint density at radius 1 is 1.43 bits per heavy atom. The number of rotatable bonds is 7. The lowest BCUT2D eigenvalue weighted by Gasteiger charge is -2.16. The number of aliphatic hydroxyl groups excluding tert-OH is 1. The monoisotopic (exact) mass is 345 g/mol. The molecule has 2 rings (SSSR count). The molecule has 0 radical (unpaired) electrons. The maximum absolute atomic E-state index is 12.6. The summed E-state index contributed by atoms with van der Waals surface area (Å²) in [6, 6.07) is 5.24. The summed E-state index contributed by atoms with van der Waals surface area (Å²) in [5.41, 5.74) is 0. The van der Waals surface area contributed by atoms with Gasteiger partial charge in [-0.1, -0.05) is 19.4 Å². The molecule has 7 heteroatoms. The van der Waals surface area contributed by atoms with E-state index in [1.165, 1.54) is 11.3 Å². The summed E-state index contributed by atoms with van der Waals surface area (Å²) in [7, 11) is -3.57. The average Bonchev–Trinajstić information content (AvgIpc) is 3.07. The quantitative estimate of drug-likeness (QED) is 0.808. The highest BCUT2D eigenvalue weighted by atomic mass is 32.2. The summed E-state index contributed by atoms with van der Waals surface area (Å²) in [6.07, 6.45) is 1.66. The molecule has 0 saturated heterocycles. The predicted octanol–water partition coefficient (Wildman–Crippen LogP) is 3.43. The van der Waals surface area contributed by atoms with E-state index in [1.54, 1.807) is 24.3 Å². The van der Waals surface area contributed by atoms with Gasteiger partial charge in [-0.25, -0.2) is 13.1 Å². The molecule has 0 saturated carbocycles. The number of thiophene rings is 2. The lowest BCUT2D eigenvalue weighted by Crippen LogP contribution is -2.28. The smallest absolute Gasteiger partial charge is 0.242 e. The van der Waals surface area contributed by atoms with Gasteiger partial charge in [0.25, 0.3) is 0 Å². The van der Waals surface area contributed by atoms with E-state index in [4.69, 9.17) is 5.11 Å². The standard InChI is InChI=1S/C14H19NO3S3/c1-3-5-12(13-6-4-7-19-13)15-21(17,18)14-8-11(9-16)20-10(14)2/h4,6-8,12,15-16H,3,5,9H2,1-2H3. The number of sulfonamides is 1. The summed E-state index contributed by atoms with van der Waals surface area (Å²) in [5.74, 6) is 0. The van der Waals surface area contributed by atoms with E-state index in [0.29, 0.717) is 9.75 Å². The number of hydrogen-bond acceptors (Lipinski definition) is 5. The van der Waals surface area contributed by atoms with E-state index >= 15 is 0 Å². The molecule has 1 unspecified atom stereocenters. The molecule has 2 aromatic heterocycles. The van der Waals surface area contributed by atoms with Crippen molar-refractivity contribution in [3.8, 4) is 0 Å². The van der Waals surface area contributed by atoms with Crippen molar-refractivity contribution in [1.82, 2.24) is 4.72 Å². The second kappa shape index (κ2) is 7.02. The Labute approximate surface area is 133 Å². The molecule has 1 atom stereocenters. The lowest BCUT2D eigenvalue weighted by atomic mass is 10.1. The van der Waals surface area contributed by atoms with Gasteiger partial charge in [-0.15, -0.1) is 22.7 Å². The van der Waals surface area contributed by atoms with Crippen LogP contribution in [0.25, 0.3) is 0 Å². The Bertz CT molecular complexity index is 674. The van der Waals surface area contributed by atoms with Crippen LogP contribution in [0.4, 0.5) is 0 Å². The molecule has 0 aliphatic carbocycles. The molecule has 2 aromatic rings. The minimum Gasteiger partial charge on any atom is -0.391 e. The van der Waals surface area contributed by atoms with Crippen LogP contribution in [-0.4, -0.2) is 13.5 Å². The fourth-order valence-electron chi connectivity index (χ4n) is 2.16. The highest BCUT2D eigenvalue weighted by Crippen LogP contribution is 2.29. The van der Waals surface area contributed by atoms with E-state index in [-0.39, 0.29) is 17.5 Å². The average molecular weight is 346 g/mol. The topological polar surface area (TPSA) is 66.4 Å². The molecule has 0 aromatic carbocycles. The predicted molar refractivity (Wildman–Crippen MR) is 87.3 cm³/mol. The van der Waals surface area contributed by atoms with Crippen molar-refractivity contribution in [3.63, 3.8) is 0 Å². The highest BCUT2D eigenvalue weighted by molar-refractivity contribution is 7.89. The molecule has 116 valence electrons. The largest absolute Gasteiger partial charge is 0.391 e. The van der Waals surface area contributed by atoms with Gasteiger partial charge in [-0.3, -0.25) is 0 Å². The van der Waals surface area contributed by atoms with Gasteiger partial charge in [0.1, 0.15) is 0 Å². The summed E-state index contributed by atoms with van der Waals surface area (Å²) in [5, 5.41) is 11.1. The normalized spacial score (nSPS) is 13.5. The Morgan fingerprint density at radius 3 is 2.71 bits per heavy atom. The van der Waals surface area contributed by atoms with Crippen LogP contribution >= 0.6 is 22.7 Å². The summed E-state index contributed by atoms with van der Waals surface area (Å²) in [4.78, 5) is 2.66. The highest BCUT2D eigenvalue weighted by Gasteiger charge is 2.24. The zero-order valence-electron chi connectivity index (χ0n) is 12.0. The first kappa shape index (κ1) is 16.6. The van der Waals surface area contributed by atoms with Crippen molar-refractivity contribution in [2.24, 2.45) is 0 Å². The Hall–Kier alpha value is -0.730. The van der Waals surface area contributed by atoms with Crippen LogP contribution in [0.1, 0.15) is 40.4 Å². The van der Waals surface area contributed by atoms with E-state index in [2.05, 4.69) is 4.72 Å². The van der Waals surface area contributed by atoms with Crippen LogP contribution in [0, 0.1) is 6.92 Å². The van der Waals surface area contributed by atoms with E-state index in [1.807, 2.05) is 24.4 Å². The van der Waals surface area contributed by atoms with Crippen molar-refractivity contribution in [1.29, 1.82) is 0 Å². The molecular weight excluding hydrogens is 326 g/mol. The number of hydrogen-bond donors (Lipinski definition) is 2. The minimum atomic E-state index is -3.57. The van der Waals surface area contributed by atoms with Crippen LogP contribution < -0.4 is 4.72 Å². The third-order valence-corrected chi connectivity index (χ3v) is 6.88. The van der Waals surface area contributed by atoms with Crippen molar-refractivity contribution in [2.75, 3.05) is 0 Å². The summed E-state index contributed by atoms with van der Waals surface area (Å²) < 4.78 is 28.0. The number of aryl methyl sites for hydroxylation is 1. The fourth-order valence-corrected chi connectivity index (χ4v) is 5.79. The molecule has 0 bridgehead atoms. The Morgan fingerprint density at radius 2 is 2.19 bits per heavy atom. The van der Waals surface area contributed by atoms with Gasteiger partial charge in [0.15, 0.2) is 0 Å². The van der Waals surface area contributed by atoms with Crippen LogP contribution in [0.15, 0.2) is 28.5 Å². The maximum atomic E-state index is 12.6. The summed E-state index contributed by atoms with van der Waals surface area (Å²) in [6.45, 7) is 3.66. The van der Waals surface area contributed by atoms with Gasteiger partial charge in [0.05, 0.1) is 17.5 Å². The molecule has 0 spiro atoms. The molecule has 0 amide bonds. The first-order chi connectivity index (χ1) is 9.97. The van der Waals surface area contributed by atoms with Crippen LogP contribution in [-0.2, 0) is 16.6 Å². The first-order valence-corrected chi connectivity index (χ1v) is 9.91. The third-order valence-electron chi connectivity index (χ3n) is 3.13. The molecule has 21 heavy (non-hydrogen) atoms. The van der Waals surface area contributed by atoms with Crippen molar-refractivity contribution >= 4 is 32.7 Å². The lowest BCUT2D eigenvalue weighted by molar-refractivity contribution is 0.285. The van der Waals surface area contributed by atoms with E-state index in [0.717, 1.165) is 17.7 Å². The number of aliphatic hydroxyl groups is 1. The van der Waals surface area contributed by atoms with Gasteiger partial charge in [0, 0.05) is 14.6 Å². The molecular formula is C14H19NO3S3. The Balaban J connectivity index is 2.28. The van der Waals surface area contributed by atoms with Crippen LogP contribution in [0.5, 0.6) is 0 Å². The molecule has 0 fully saturated rings. The molecule has 0 aliphatic heterocycles. The first-order valence-electron chi connectivity index (χ1n) is 6.73.